The van der Waals surface area contributed by atoms with Crippen LogP contribution in [0.2, 0.25) is 0 Å². The minimum atomic E-state index is -3.67. The van der Waals surface area contributed by atoms with Gasteiger partial charge < -0.3 is 14.4 Å². The van der Waals surface area contributed by atoms with Crippen molar-refractivity contribution < 1.29 is 27.1 Å². The van der Waals surface area contributed by atoms with Gasteiger partial charge in [-0.25, -0.2) is 12.8 Å². The molecule has 1 amide bonds. The molecule has 1 aliphatic rings. The molecule has 2 heterocycles. The first-order chi connectivity index (χ1) is 18.6. The van der Waals surface area contributed by atoms with E-state index < -0.39 is 10.0 Å². The number of amides is 1. The van der Waals surface area contributed by atoms with Crippen LogP contribution in [-0.2, 0) is 29.7 Å². The Bertz CT molecular complexity index is 1690. The second kappa shape index (κ2) is 10.2. The summed E-state index contributed by atoms with van der Waals surface area (Å²) in [6.45, 7) is 2.33. The van der Waals surface area contributed by atoms with Crippen LogP contribution in [0.25, 0.3) is 10.9 Å². The lowest BCUT2D eigenvalue weighted by Gasteiger charge is -2.23. The molecule has 1 aromatic heterocycles. The van der Waals surface area contributed by atoms with Crippen LogP contribution in [0.4, 0.5) is 10.1 Å². The van der Waals surface area contributed by atoms with Crippen LogP contribution >= 0.6 is 0 Å². The van der Waals surface area contributed by atoms with Crippen molar-refractivity contribution in [2.45, 2.75) is 26.6 Å². The quantitative estimate of drug-likeness (QED) is 0.313. The summed E-state index contributed by atoms with van der Waals surface area (Å²) in [5.41, 5.74) is 3.96. The van der Waals surface area contributed by atoms with Crippen molar-refractivity contribution in [3.05, 3.63) is 94.4 Å². The first kappa shape index (κ1) is 26.4. The number of nitrogens with zero attached hydrogens (tertiary/aromatic N) is 3. The zero-order chi connectivity index (χ0) is 27.9. The molecular formula is C29H28FN3O5S. The van der Waals surface area contributed by atoms with Gasteiger partial charge in [0.15, 0.2) is 5.75 Å². The molecule has 0 saturated carbocycles. The molecule has 3 aromatic carbocycles. The standard InChI is InChI=1S/C29H28FN3O5S/c1-18-14-21(30)10-9-20(18)15-33-16-24-25(29(33)34)28(38-17-19-7-11-22(37-3)12-8-19)26-23(6-5-13-31-26)27(24)32(2)39(4,35)36/h5-14H,15-17H2,1-4H3. The maximum Gasteiger partial charge on any atom is 0.258 e. The topological polar surface area (TPSA) is 89.0 Å². The molecule has 0 aliphatic carbocycles. The van der Waals surface area contributed by atoms with E-state index in [0.29, 0.717) is 33.7 Å². The number of aryl methyl sites for hydroxylation is 1. The third-order valence-corrected chi connectivity index (χ3v) is 8.14. The van der Waals surface area contributed by atoms with E-state index in [9.17, 15) is 17.6 Å². The van der Waals surface area contributed by atoms with Crippen molar-refractivity contribution in [1.82, 2.24) is 9.88 Å². The lowest BCUT2D eigenvalue weighted by atomic mass is 10.0. The summed E-state index contributed by atoms with van der Waals surface area (Å²) in [6, 6.07) is 15.3. The van der Waals surface area contributed by atoms with E-state index >= 15 is 0 Å². The largest absolute Gasteiger partial charge is 0.497 e. The highest BCUT2D eigenvalue weighted by molar-refractivity contribution is 7.92. The second-order valence-corrected chi connectivity index (χ2v) is 11.5. The van der Waals surface area contributed by atoms with Crippen LogP contribution in [0.15, 0.2) is 60.8 Å². The van der Waals surface area contributed by atoms with Crippen LogP contribution in [0.3, 0.4) is 0 Å². The van der Waals surface area contributed by atoms with Crippen molar-refractivity contribution in [2.24, 2.45) is 0 Å². The number of carbonyl (C=O) groups is 1. The van der Waals surface area contributed by atoms with Crippen molar-refractivity contribution in [2.75, 3.05) is 24.7 Å². The molecule has 0 bridgehead atoms. The summed E-state index contributed by atoms with van der Waals surface area (Å²) in [4.78, 5) is 20.0. The van der Waals surface area contributed by atoms with Crippen molar-refractivity contribution in [3.8, 4) is 11.5 Å². The third-order valence-electron chi connectivity index (χ3n) is 6.96. The summed E-state index contributed by atoms with van der Waals surface area (Å²) in [5, 5.41) is 0.557. The number of sulfonamides is 1. The van der Waals surface area contributed by atoms with Gasteiger partial charge in [-0.2, -0.15) is 0 Å². The molecule has 5 rings (SSSR count). The Morgan fingerprint density at radius 2 is 1.87 bits per heavy atom. The Kier molecular flexibility index (Phi) is 6.90. The molecule has 0 saturated heterocycles. The minimum absolute atomic E-state index is 0.157. The first-order valence-electron chi connectivity index (χ1n) is 12.3. The van der Waals surface area contributed by atoms with Gasteiger partial charge in [-0.1, -0.05) is 18.2 Å². The van der Waals surface area contributed by atoms with E-state index in [1.54, 1.807) is 43.3 Å². The molecular weight excluding hydrogens is 521 g/mol. The highest BCUT2D eigenvalue weighted by Gasteiger charge is 2.38. The fourth-order valence-corrected chi connectivity index (χ4v) is 5.37. The van der Waals surface area contributed by atoms with E-state index in [4.69, 9.17) is 9.47 Å². The van der Waals surface area contributed by atoms with Crippen LogP contribution < -0.4 is 13.8 Å². The number of hydrogen-bond donors (Lipinski definition) is 0. The average Bonchev–Trinajstić information content (AvgIpc) is 3.23. The van der Waals surface area contributed by atoms with Gasteiger partial charge in [0, 0.05) is 37.3 Å². The summed E-state index contributed by atoms with van der Waals surface area (Å²) in [5.74, 6) is 0.345. The molecule has 0 radical (unpaired) electrons. The molecule has 10 heteroatoms. The molecule has 1 aliphatic heterocycles. The maximum atomic E-state index is 13.9. The molecule has 8 nitrogen and oxygen atoms in total. The maximum absolute atomic E-state index is 13.9. The normalized spacial score (nSPS) is 13.1. The zero-order valence-corrected chi connectivity index (χ0v) is 22.9. The van der Waals surface area contributed by atoms with E-state index in [1.165, 1.54) is 23.5 Å². The number of ether oxygens (including phenoxy) is 2. The lowest BCUT2D eigenvalue weighted by molar-refractivity contribution is 0.0763. The van der Waals surface area contributed by atoms with Gasteiger partial charge in [0.2, 0.25) is 10.0 Å². The summed E-state index contributed by atoms with van der Waals surface area (Å²) < 4.78 is 51.8. The molecule has 4 aromatic rings. The average molecular weight is 550 g/mol. The Labute approximate surface area is 226 Å². The highest BCUT2D eigenvalue weighted by atomic mass is 32.2. The predicted molar refractivity (Wildman–Crippen MR) is 147 cm³/mol. The van der Waals surface area contributed by atoms with Gasteiger partial charge in [0.05, 0.1) is 24.6 Å². The van der Waals surface area contributed by atoms with Gasteiger partial charge in [0.1, 0.15) is 23.7 Å². The van der Waals surface area contributed by atoms with Crippen molar-refractivity contribution in [1.29, 1.82) is 0 Å². The number of rotatable bonds is 8. The molecule has 39 heavy (non-hydrogen) atoms. The molecule has 0 atom stereocenters. The third kappa shape index (κ3) is 4.99. The first-order valence-corrected chi connectivity index (χ1v) is 14.1. The number of anilines is 1. The highest BCUT2D eigenvalue weighted by Crippen LogP contribution is 2.45. The van der Waals surface area contributed by atoms with Crippen LogP contribution in [-0.4, -0.2) is 44.6 Å². The number of pyridine rings is 1. The summed E-state index contributed by atoms with van der Waals surface area (Å²) in [7, 11) is -0.613. The number of methoxy groups -OCH3 is 1. The number of fused-ring (bicyclic) bond motifs is 2. The van der Waals surface area contributed by atoms with Crippen molar-refractivity contribution >= 4 is 32.5 Å². The molecule has 0 spiro atoms. The Morgan fingerprint density at radius 3 is 2.54 bits per heavy atom. The van der Waals surface area contributed by atoms with Gasteiger partial charge in [-0.15, -0.1) is 0 Å². The second-order valence-electron chi connectivity index (χ2n) is 9.53. The van der Waals surface area contributed by atoms with Gasteiger partial charge in [0.25, 0.3) is 5.91 Å². The monoisotopic (exact) mass is 549 g/mol. The predicted octanol–water partition coefficient (Wildman–Crippen LogP) is 4.82. The van der Waals surface area contributed by atoms with Crippen LogP contribution in [0.1, 0.15) is 32.6 Å². The number of benzene rings is 3. The van der Waals surface area contributed by atoms with E-state index in [-0.39, 0.29) is 37.0 Å². The SMILES string of the molecule is COc1ccc(COc2c3c(c(N(C)S(C)(=O)=O)c4cccnc24)CN(Cc2ccc(F)cc2C)C3=O)cc1. The number of aromatic nitrogens is 1. The number of hydrogen-bond acceptors (Lipinski definition) is 6. The molecule has 0 N–H and O–H groups in total. The van der Waals surface area contributed by atoms with E-state index in [0.717, 1.165) is 22.9 Å². The minimum Gasteiger partial charge on any atom is -0.497 e. The van der Waals surface area contributed by atoms with E-state index in [1.807, 2.05) is 24.3 Å². The van der Waals surface area contributed by atoms with E-state index in [2.05, 4.69) is 4.98 Å². The number of carbonyl (C=O) groups excluding carboxylic acids is 1. The van der Waals surface area contributed by atoms with Crippen LogP contribution in [0, 0.1) is 12.7 Å². The van der Waals surface area contributed by atoms with Crippen LogP contribution in [0.5, 0.6) is 11.5 Å². The molecule has 0 fully saturated rings. The number of halogens is 1. The molecule has 202 valence electrons. The van der Waals surface area contributed by atoms with Crippen molar-refractivity contribution in [3.63, 3.8) is 0 Å². The zero-order valence-electron chi connectivity index (χ0n) is 22.1. The smallest absolute Gasteiger partial charge is 0.258 e. The van der Waals surface area contributed by atoms with Gasteiger partial charge in [-0.3, -0.25) is 14.1 Å². The Morgan fingerprint density at radius 1 is 1.13 bits per heavy atom. The molecule has 0 unspecified atom stereocenters. The Balaban J connectivity index is 1.64. The fraction of sp³-hybridized carbons (Fsp3) is 0.241. The fourth-order valence-electron chi connectivity index (χ4n) is 4.83. The Hall–Kier alpha value is -4.18. The summed E-state index contributed by atoms with van der Waals surface area (Å²) in [6.07, 6.45) is 2.70. The summed E-state index contributed by atoms with van der Waals surface area (Å²) >= 11 is 0. The van der Waals surface area contributed by atoms with Gasteiger partial charge >= 0.3 is 0 Å². The van der Waals surface area contributed by atoms with Gasteiger partial charge in [-0.05, 0) is 60.0 Å². The lowest BCUT2D eigenvalue weighted by Crippen LogP contribution is -2.26.